The summed E-state index contributed by atoms with van der Waals surface area (Å²) in [7, 11) is 1.58. The highest BCUT2D eigenvalue weighted by Crippen LogP contribution is 2.28. The van der Waals surface area contributed by atoms with E-state index in [0.717, 1.165) is 18.4 Å². The van der Waals surface area contributed by atoms with E-state index in [-0.39, 0.29) is 24.3 Å². The normalized spacial score (nSPS) is 12.1. The zero-order valence-electron chi connectivity index (χ0n) is 10.6. The number of hydrogen-bond acceptors (Lipinski definition) is 2. The van der Waals surface area contributed by atoms with Crippen LogP contribution in [-0.4, -0.2) is 7.11 Å². The molecule has 0 saturated heterocycles. The molecule has 0 amide bonds. The Bertz CT molecular complexity index is 344. The summed E-state index contributed by atoms with van der Waals surface area (Å²) in [5, 5.41) is 0. The number of rotatable bonds is 5. The number of hydrogen-bond donors (Lipinski definition) is 1. The summed E-state index contributed by atoms with van der Waals surface area (Å²) in [5.41, 5.74) is 6.79. The van der Waals surface area contributed by atoms with Crippen molar-refractivity contribution in [3.8, 4) is 5.75 Å². The summed E-state index contributed by atoms with van der Waals surface area (Å²) in [5.74, 6) is 0.999. The van der Waals surface area contributed by atoms with Gasteiger partial charge in [0.25, 0.3) is 0 Å². The molecule has 98 valence electrons. The van der Waals surface area contributed by atoms with Crippen molar-refractivity contribution in [2.45, 2.75) is 32.7 Å². The highest BCUT2D eigenvalue weighted by atomic mass is 35.5. The van der Waals surface area contributed by atoms with Crippen LogP contribution in [0.15, 0.2) is 18.2 Å². The maximum atomic E-state index is 13.1. The molecular weight excluding hydrogens is 241 g/mol. The van der Waals surface area contributed by atoms with Crippen molar-refractivity contribution in [3.05, 3.63) is 29.6 Å². The van der Waals surface area contributed by atoms with Crippen molar-refractivity contribution in [1.29, 1.82) is 0 Å². The Morgan fingerprint density at radius 3 is 2.47 bits per heavy atom. The van der Waals surface area contributed by atoms with E-state index in [1.807, 2.05) is 0 Å². The molecule has 1 rings (SSSR count). The predicted octanol–water partition coefficient (Wildman–Crippen LogP) is 3.69. The molecule has 0 saturated carbocycles. The standard InChI is InChI=1S/C13H20FNO.ClH/c1-9(2)4-6-12(15)11-8-10(14)5-7-13(11)16-3;/h5,7-9,12H,4,6,15H2,1-3H3;1H/t12-;/m1./s1. The monoisotopic (exact) mass is 261 g/mol. The van der Waals surface area contributed by atoms with Crippen LogP contribution in [0.1, 0.15) is 38.3 Å². The van der Waals surface area contributed by atoms with Crippen LogP contribution in [0.4, 0.5) is 4.39 Å². The molecule has 0 aliphatic carbocycles. The van der Waals surface area contributed by atoms with Gasteiger partial charge >= 0.3 is 0 Å². The van der Waals surface area contributed by atoms with E-state index < -0.39 is 0 Å². The molecule has 0 aliphatic heterocycles. The highest BCUT2D eigenvalue weighted by molar-refractivity contribution is 5.85. The van der Waals surface area contributed by atoms with Gasteiger partial charge in [-0.1, -0.05) is 13.8 Å². The van der Waals surface area contributed by atoms with E-state index in [1.165, 1.54) is 12.1 Å². The van der Waals surface area contributed by atoms with Gasteiger partial charge in [-0.15, -0.1) is 12.4 Å². The van der Waals surface area contributed by atoms with Crippen molar-refractivity contribution in [2.75, 3.05) is 7.11 Å². The SMILES string of the molecule is COc1ccc(F)cc1[C@H](N)CCC(C)C.Cl. The molecule has 1 atom stereocenters. The molecule has 0 unspecified atom stereocenters. The lowest BCUT2D eigenvalue weighted by molar-refractivity contribution is 0.399. The Balaban J connectivity index is 0.00000256. The van der Waals surface area contributed by atoms with Crippen LogP contribution < -0.4 is 10.5 Å². The lowest BCUT2D eigenvalue weighted by atomic mass is 9.97. The van der Waals surface area contributed by atoms with Crippen LogP contribution in [0.2, 0.25) is 0 Å². The quantitative estimate of drug-likeness (QED) is 0.877. The second-order valence-corrected chi connectivity index (χ2v) is 4.46. The van der Waals surface area contributed by atoms with Gasteiger partial charge in [0.2, 0.25) is 0 Å². The number of nitrogens with two attached hydrogens (primary N) is 1. The minimum absolute atomic E-state index is 0. The van der Waals surface area contributed by atoms with E-state index in [4.69, 9.17) is 10.5 Å². The zero-order valence-corrected chi connectivity index (χ0v) is 11.4. The molecule has 0 aromatic heterocycles. The van der Waals surface area contributed by atoms with Gasteiger partial charge in [-0.2, -0.15) is 0 Å². The molecule has 0 aliphatic rings. The van der Waals surface area contributed by atoms with Gasteiger partial charge in [0.1, 0.15) is 11.6 Å². The Labute approximate surface area is 109 Å². The minimum atomic E-state index is -0.268. The van der Waals surface area contributed by atoms with E-state index in [9.17, 15) is 4.39 Å². The minimum Gasteiger partial charge on any atom is -0.496 e. The van der Waals surface area contributed by atoms with Crippen LogP contribution in [0.5, 0.6) is 5.75 Å². The molecule has 1 aromatic carbocycles. The number of ether oxygens (including phenoxy) is 1. The summed E-state index contributed by atoms with van der Waals surface area (Å²) in [6.07, 6.45) is 1.87. The van der Waals surface area contributed by atoms with Gasteiger partial charge in [-0.3, -0.25) is 0 Å². The van der Waals surface area contributed by atoms with Gasteiger partial charge in [-0.25, -0.2) is 4.39 Å². The van der Waals surface area contributed by atoms with E-state index >= 15 is 0 Å². The molecule has 0 spiro atoms. The third-order valence-electron chi connectivity index (χ3n) is 2.65. The molecule has 17 heavy (non-hydrogen) atoms. The molecule has 2 nitrogen and oxygen atoms in total. The number of methoxy groups -OCH3 is 1. The van der Waals surface area contributed by atoms with Crippen LogP contribution in [-0.2, 0) is 0 Å². The second kappa shape index (κ2) is 7.51. The van der Waals surface area contributed by atoms with Crippen LogP contribution >= 0.6 is 12.4 Å². The number of halogens is 2. The van der Waals surface area contributed by atoms with Crippen LogP contribution in [0, 0.1) is 11.7 Å². The molecule has 1 aromatic rings. The van der Waals surface area contributed by atoms with Crippen molar-refractivity contribution in [2.24, 2.45) is 11.7 Å². The fourth-order valence-electron chi connectivity index (χ4n) is 1.66. The molecule has 0 radical (unpaired) electrons. The van der Waals surface area contributed by atoms with Crippen molar-refractivity contribution < 1.29 is 9.13 Å². The maximum absolute atomic E-state index is 13.1. The van der Waals surface area contributed by atoms with E-state index in [0.29, 0.717) is 11.7 Å². The summed E-state index contributed by atoms with van der Waals surface area (Å²) in [4.78, 5) is 0. The molecule has 2 N–H and O–H groups in total. The second-order valence-electron chi connectivity index (χ2n) is 4.46. The Morgan fingerprint density at radius 1 is 1.29 bits per heavy atom. The smallest absolute Gasteiger partial charge is 0.123 e. The third kappa shape index (κ3) is 4.92. The predicted molar refractivity (Wildman–Crippen MR) is 71.2 cm³/mol. The third-order valence-corrected chi connectivity index (χ3v) is 2.65. The lowest BCUT2D eigenvalue weighted by Gasteiger charge is -2.16. The largest absolute Gasteiger partial charge is 0.496 e. The topological polar surface area (TPSA) is 35.2 Å². The van der Waals surface area contributed by atoms with Crippen molar-refractivity contribution in [1.82, 2.24) is 0 Å². The average Bonchev–Trinajstić information content (AvgIpc) is 2.25. The van der Waals surface area contributed by atoms with E-state index in [2.05, 4.69) is 13.8 Å². The van der Waals surface area contributed by atoms with Gasteiger partial charge in [-0.05, 0) is 37.0 Å². The first-order valence-corrected chi connectivity index (χ1v) is 5.63. The van der Waals surface area contributed by atoms with Crippen LogP contribution in [0.3, 0.4) is 0 Å². The first-order chi connectivity index (χ1) is 7.54. The lowest BCUT2D eigenvalue weighted by Crippen LogP contribution is -2.12. The van der Waals surface area contributed by atoms with Crippen LogP contribution in [0.25, 0.3) is 0 Å². The Kier molecular flexibility index (Phi) is 7.16. The summed E-state index contributed by atoms with van der Waals surface area (Å²) >= 11 is 0. The van der Waals surface area contributed by atoms with Gasteiger partial charge in [0.05, 0.1) is 7.11 Å². The summed E-state index contributed by atoms with van der Waals surface area (Å²) in [6, 6.07) is 4.31. The molecular formula is C13H21ClFNO. The van der Waals surface area contributed by atoms with Gasteiger partial charge < -0.3 is 10.5 Å². The van der Waals surface area contributed by atoms with Gasteiger partial charge in [0.15, 0.2) is 0 Å². The average molecular weight is 262 g/mol. The molecule has 0 heterocycles. The van der Waals surface area contributed by atoms with E-state index in [1.54, 1.807) is 13.2 Å². The maximum Gasteiger partial charge on any atom is 0.123 e. The fourth-order valence-corrected chi connectivity index (χ4v) is 1.66. The molecule has 0 bridgehead atoms. The first kappa shape index (κ1) is 16.2. The highest BCUT2D eigenvalue weighted by Gasteiger charge is 2.13. The molecule has 0 fully saturated rings. The molecule has 4 heteroatoms. The Morgan fingerprint density at radius 2 is 1.94 bits per heavy atom. The fraction of sp³-hybridized carbons (Fsp3) is 0.538. The van der Waals surface area contributed by atoms with Crippen molar-refractivity contribution >= 4 is 12.4 Å². The summed E-state index contributed by atoms with van der Waals surface area (Å²) in [6.45, 7) is 4.30. The first-order valence-electron chi connectivity index (χ1n) is 5.63. The summed E-state index contributed by atoms with van der Waals surface area (Å²) < 4.78 is 18.3. The number of benzene rings is 1. The Hall–Kier alpha value is -0.800. The van der Waals surface area contributed by atoms with Gasteiger partial charge in [0, 0.05) is 11.6 Å². The van der Waals surface area contributed by atoms with Crippen molar-refractivity contribution in [3.63, 3.8) is 0 Å². The zero-order chi connectivity index (χ0) is 12.1.